The third-order valence-electron chi connectivity index (χ3n) is 3.58. The molecule has 3 atom stereocenters. The van der Waals surface area contributed by atoms with E-state index in [1.54, 1.807) is 0 Å². The van der Waals surface area contributed by atoms with Crippen LogP contribution < -0.4 is 11.1 Å². The topological polar surface area (TPSA) is 38.0 Å². The van der Waals surface area contributed by atoms with E-state index in [2.05, 4.69) is 42.6 Å². The van der Waals surface area contributed by atoms with E-state index in [1.807, 2.05) is 0 Å². The standard InChI is InChI=1S/C14H22N2/c1-11(12-7-3-2-4-8-12)16-14-10-6-5-9-13(14)15/h2-4,7-8,11,13-14,16H,5-6,9-10,15H2,1H3. The van der Waals surface area contributed by atoms with Crippen LogP contribution >= 0.6 is 0 Å². The van der Waals surface area contributed by atoms with Crippen LogP contribution in [-0.4, -0.2) is 12.1 Å². The van der Waals surface area contributed by atoms with Gasteiger partial charge in [-0.25, -0.2) is 0 Å². The van der Waals surface area contributed by atoms with Gasteiger partial charge in [-0.05, 0) is 25.3 Å². The molecule has 0 amide bonds. The van der Waals surface area contributed by atoms with Crippen LogP contribution in [0, 0.1) is 0 Å². The summed E-state index contributed by atoms with van der Waals surface area (Å²) in [7, 11) is 0. The number of nitrogens with one attached hydrogen (secondary N) is 1. The molecule has 1 aromatic carbocycles. The largest absolute Gasteiger partial charge is 0.326 e. The van der Waals surface area contributed by atoms with E-state index in [-0.39, 0.29) is 0 Å². The van der Waals surface area contributed by atoms with Crippen molar-refractivity contribution < 1.29 is 0 Å². The van der Waals surface area contributed by atoms with Gasteiger partial charge in [-0.1, -0.05) is 43.2 Å². The van der Waals surface area contributed by atoms with Gasteiger partial charge in [-0.2, -0.15) is 0 Å². The highest BCUT2D eigenvalue weighted by atomic mass is 15.0. The molecule has 0 aromatic heterocycles. The second kappa shape index (κ2) is 5.46. The summed E-state index contributed by atoms with van der Waals surface area (Å²) in [5, 5.41) is 3.66. The molecule has 2 rings (SSSR count). The van der Waals surface area contributed by atoms with Crippen molar-refractivity contribution in [2.45, 2.75) is 50.7 Å². The average Bonchev–Trinajstić information content (AvgIpc) is 2.33. The normalized spacial score (nSPS) is 27.6. The van der Waals surface area contributed by atoms with Gasteiger partial charge >= 0.3 is 0 Å². The van der Waals surface area contributed by atoms with Crippen LogP contribution in [0.15, 0.2) is 30.3 Å². The van der Waals surface area contributed by atoms with Crippen LogP contribution in [0.4, 0.5) is 0 Å². The van der Waals surface area contributed by atoms with Gasteiger partial charge in [0.1, 0.15) is 0 Å². The van der Waals surface area contributed by atoms with Crippen molar-refractivity contribution in [2.75, 3.05) is 0 Å². The second-order valence-electron chi connectivity index (χ2n) is 4.85. The van der Waals surface area contributed by atoms with Gasteiger partial charge in [0.05, 0.1) is 0 Å². The summed E-state index contributed by atoms with van der Waals surface area (Å²) in [5.74, 6) is 0. The highest BCUT2D eigenvalue weighted by molar-refractivity contribution is 5.18. The van der Waals surface area contributed by atoms with Gasteiger partial charge in [-0.3, -0.25) is 0 Å². The maximum Gasteiger partial charge on any atom is 0.0294 e. The molecule has 1 aliphatic carbocycles. The molecule has 0 radical (unpaired) electrons. The Morgan fingerprint density at radius 1 is 1.19 bits per heavy atom. The Bertz CT molecular complexity index is 310. The van der Waals surface area contributed by atoms with Gasteiger partial charge in [-0.15, -0.1) is 0 Å². The van der Waals surface area contributed by atoms with Gasteiger partial charge in [0, 0.05) is 18.1 Å². The minimum Gasteiger partial charge on any atom is -0.326 e. The van der Waals surface area contributed by atoms with Crippen molar-refractivity contribution in [2.24, 2.45) is 5.73 Å². The lowest BCUT2D eigenvalue weighted by atomic mass is 9.90. The van der Waals surface area contributed by atoms with Crippen molar-refractivity contribution in [1.29, 1.82) is 0 Å². The van der Waals surface area contributed by atoms with Gasteiger partial charge in [0.15, 0.2) is 0 Å². The molecule has 0 aliphatic heterocycles. The van der Waals surface area contributed by atoms with Crippen LogP contribution in [0.1, 0.15) is 44.2 Å². The molecule has 1 fully saturated rings. The number of hydrogen-bond acceptors (Lipinski definition) is 2. The van der Waals surface area contributed by atoms with Gasteiger partial charge < -0.3 is 11.1 Å². The molecule has 2 heteroatoms. The first-order valence-electron chi connectivity index (χ1n) is 6.34. The molecule has 1 aromatic rings. The molecule has 0 spiro atoms. The van der Waals surface area contributed by atoms with Crippen LogP contribution in [0.3, 0.4) is 0 Å². The Morgan fingerprint density at radius 3 is 2.56 bits per heavy atom. The van der Waals surface area contributed by atoms with E-state index in [0.29, 0.717) is 18.1 Å². The smallest absolute Gasteiger partial charge is 0.0294 e. The Kier molecular flexibility index (Phi) is 3.97. The molecule has 16 heavy (non-hydrogen) atoms. The maximum atomic E-state index is 6.14. The predicted octanol–water partition coefficient (Wildman–Crippen LogP) is 2.61. The molecule has 2 nitrogen and oxygen atoms in total. The first kappa shape index (κ1) is 11.6. The van der Waals surface area contributed by atoms with E-state index in [9.17, 15) is 0 Å². The number of nitrogens with two attached hydrogens (primary N) is 1. The van der Waals surface area contributed by atoms with Crippen molar-refractivity contribution in [3.05, 3.63) is 35.9 Å². The summed E-state index contributed by atoms with van der Waals surface area (Å²) in [5.41, 5.74) is 7.49. The predicted molar refractivity (Wildman–Crippen MR) is 68.2 cm³/mol. The Balaban J connectivity index is 1.94. The van der Waals surface area contributed by atoms with E-state index >= 15 is 0 Å². The maximum absolute atomic E-state index is 6.14. The highest BCUT2D eigenvalue weighted by Crippen LogP contribution is 2.20. The lowest BCUT2D eigenvalue weighted by Gasteiger charge is -2.32. The fourth-order valence-electron chi connectivity index (χ4n) is 2.53. The van der Waals surface area contributed by atoms with Crippen molar-refractivity contribution in [3.8, 4) is 0 Å². The molecule has 3 unspecified atom stereocenters. The Labute approximate surface area is 98.2 Å². The molecule has 1 saturated carbocycles. The van der Waals surface area contributed by atoms with Crippen LogP contribution in [0.25, 0.3) is 0 Å². The third-order valence-corrected chi connectivity index (χ3v) is 3.58. The monoisotopic (exact) mass is 218 g/mol. The van der Waals surface area contributed by atoms with E-state index in [4.69, 9.17) is 5.73 Å². The first-order valence-corrected chi connectivity index (χ1v) is 6.34. The third kappa shape index (κ3) is 2.83. The van der Waals surface area contributed by atoms with Crippen LogP contribution in [-0.2, 0) is 0 Å². The van der Waals surface area contributed by atoms with E-state index in [0.717, 1.165) is 0 Å². The second-order valence-corrected chi connectivity index (χ2v) is 4.85. The van der Waals surface area contributed by atoms with E-state index < -0.39 is 0 Å². The summed E-state index contributed by atoms with van der Waals surface area (Å²) in [6.07, 6.45) is 4.99. The number of hydrogen-bond donors (Lipinski definition) is 2. The lowest BCUT2D eigenvalue weighted by molar-refractivity contribution is 0.307. The zero-order valence-corrected chi connectivity index (χ0v) is 10.0. The molecular formula is C14H22N2. The van der Waals surface area contributed by atoms with E-state index in [1.165, 1.54) is 31.2 Å². The number of rotatable bonds is 3. The minimum atomic E-state index is 0.333. The molecule has 1 aliphatic rings. The summed E-state index contributed by atoms with van der Waals surface area (Å²) in [4.78, 5) is 0. The van der Waals surface area contributed by atoms with Gasteiger partial charge in [0.2, 0.25) is 0 Å². The SMILES string of the molecule is CC(NC1CCCCC1N)c1ccccc1. The molecule has 0 bridgehead atoms. The Morgan fingerprint density at radius 2 is 1.88 bits per heavy atom. The van der Waals surface area contributed by atoms with Crippen LogP contribution in [0.5, 0.6) is 0 Å². The van der Waals surface area contributed by atoms with Crippen molar-refractivity contribution in [1.82, 2.24) is 5.32 Å². The summed E-state index contributed by atoms with van der Waals surface area (Å²) in [6.45, 7) is 2.22. The average molecular weight is 218 g/mol. The molecule has 3 N–H and O–H groups in total. The lowest BCUT2D eigenvalue weighted by Crippen LogP contribution is -2.47. The molecule has 88 valence electrons. The first-order chi connectivity index (χ1) is 7.77. The molecule has 0 heterocycles. The quantitative estimate of drug-likeness (QED) is 0.818. The fraction of sp³-hybridized carbons (Fsp3) is 0.571. The van der Waals surface area contributed by atoms with Crippen LogP contribution in [0.2, 0.25) is 0 Å². The van der Waals surface area contributed by atoms with Crippen molar-refractivity contribution >= 4 is 0 Å². The highest BCUT2D eigenvalue weighted by Gasteiger charge is 2.22. The molecular weight excluding hydrogens is 196 g/mol. The summed E-state index contributed by atoms with van der Waals surface area (Å²) in [6, 6.07) is 11.8. The van der Waals surface area contributed by atoms with Gasteiger partial charge in [0.25, 0.3) is 0 Å². The molecule has 0 saturated heterocycles. The number of benzene rings is 1. The minimum absolute atomic E-state index is 0.333. The van der Waals surface area contributed by atoms with Crippen molar-refractivity contribution in [3.63, 3.8) is 0 Å². The summed E-state index contributed by atoms with van der Waals surface area (Å²) >= 11 is 0. The fourth-order valence-corrected chi connectivity index (χ4v) is 2.53. The zero-order chi connectivity index (χ0) is 11.4. The summed E-state index contributed by atoms with van der Waals surface area (Å²) < 4.78 is 0. The zero-order valence-electron chi connectivity index (χ0n) is 10.0. The Hall–Kier alpha value is -0.860.